The molecule has 0 saturated carbocycles. The summed E-state index contributed by atoms with van der Waals surface area (Å²) >= 11 is 0. The number of hydrogen-bond acceptors (Lipinski definition) is 3. The molecular weight excluding hydrogens is 352 g/mol. The molecule has 28 heavy (non-hydrogen) atoms. The molecule has 3 aromatic rings. The van der Waals surface area contributed by atoms with Crippen LogP contribution in [0.4, 0.5) is 0 Å². The number of benzene rings is 3. The van der Waals surface area contributed by atoms with Gasteiger partial charge in [0, 0.05) is 0 Å². The molecule has 0 aliphatic carbocycles. The fourth-order valence-corrected chi connectivity index (χ4v) is 2.83. The van der Waals surface area contributed by atoms with Crippen molar-refractivity contribution >= 4 is 5.97 Å². The van der Waals surface area contributed by atoms with Crippen LogP contribution in [0.2, 0.25) is 0 Å². The first-order valence-corrected chi connectivity index (χ1v) is 9.47. The van der Waals surface area contributed by atoms with E-state index >= 15 is 0 Å². The number of aromatic carboxylic acids is 1. The zero-order chi connectivity index (χ0) is 19.6. The third-order valence-electron chi connectivity index (χ3n) is 4.39. The molecule has 0 saturated heterocycles. The average Bonchev–Trinajstić information content (AvgIpc) is 2.74. The molecule has 1 N–H and O–H groups in total. The van der Waals surface area contributed by atoms with Gasteiger partial charge in [0.1, 0.15) is 11.5 Å². The van der Waals surface area contributed by atoms with Crippen LogP contribution in [0.1, 0.15) is 29.6 Å². The Kier molecular flexibility index (Phi) is 7.08. The van der Waals surface area contributed by atoms with Gasteiger partial charge >= 0.3 is 5.97 Å². The molecule has 0 amide bonds. The smallest absolute Gasteiger partial charge is 0.335 e. The third-order valence-corrected chi connectivity index (χ3v) is 4.39. The molecule has 0 bridgehead atoms. The van der Waals surface area contributed by atoms with Gasteiger partial charge in [-0.2, -0.15) is 0 Å². The maximum Gasteiger partial charge on any atom is 0.335 e. The number of unbranched alkanes of at least 4 members (excludes halogenated alkanes) is 2. The van der Waals surface area contributed by atoms with Gasteiger partial charge in [-0.3, -0.25) is 0 Å². The molecule has 0 radical (unpaired) electrons. The molecule has 4 nitrogen and oxygen atoms in total. The average molecular weight is 376 g/mol. The van der Waals surface area contributed by atoms with Gasteiger partial charge in [0.2, 0.25) is 0 Å². The van der Waals surface area contributed by atoms with E-state index in [-0.39, 0.29) is 5.56 Å². The Bertz CT molecular complexity index is 855. The highest BCUT2D eigenvalue weighted by Crippen LogP contribution is 2.23. The predicted molar refractivity (Wildman–Crippen MR) is 110 cm³/mol. The zero-order valence-electron chi connectivity index (χ0n) is 15.7. The van der Waals surface area contributed by atoms with Crippen LogP contribution in [0.3, 0.4) is 0 Å². The van der Waals surface area contributed by atoms with Gasteiger partial charge in [0.05, 0.1) is 18.8 Å². The van der Waals surface area contributed by atoms with E-state index in [2.05, 4.69) is 0 Å². The molecule has 0 unspecified atom stereocenters. The van der Waals surface area contributed by atoms with Crippen LogP contribution in [0.15, 0.2) is 78.9 Å². The largest absolute Gasteiger partial charge is 0.494 e. The van der Waals surface area contributed by atoms with Gasteiger partial charge in [-0.15, -0.1) is 0 Å². The Morgan fingerprint density at radius 1 is 0.643 bits per heavy atom. The highest BCUT2D eigenvalue weighted by molar-refractivity contribution is 5.88. The van der Waals surface area contributed by atoms with Crippen LogP contribution in [-0.2, 0) is 0 Å². The zero-order valence-corrected chi connectivity index (χ0v) is 15.7. The number of carboxylic acids is 1. The van der Waals surface area contributed by atoms with E-state index in [4.69, 9.17) is 14.6 Å². The second-order valence-corrected chi connectivity index (χ2v) is 6.48. The summed E-state index contributed by atoms with van der Waals surface area (Å²) in [6, 6.07) is 24.6. The van der Waals surface area contributed by atoms with Gasteiger partial charge in [-0.25, -0.2) is 4.79 Å². The molecule has 3 aromatic carbocycles. The lowest BCUT2D eigenvalue weighted by atomic mass is 10.0. The minimum atomic E-state index is -0.915. The van der Waals surface area contributed by atoms with Crippen molar-refractivity contribution in [1.82, 2.24) is 0 Å². The van der Waals surface area contributed by atoms with E-state index in [0.29, 0.717) is 6.61 Å². The third kappa shape index (κ3) is 5.88. The lowest BCUT2D eigenvalue weighted by Gasteiger charge is -2.08. The van der Waals surface area contributed by atoms with Gasteiger partial charge in [-0.1, -0.05) is 42.5 Å². The maximum atomic E-state index is 10.9. The maximum absolute atomic E-state index is 10.9. The Morgan fingerprint density at radius 3 is 1.68 bits per heavy atom. The summed E-state index contributed by atoms with van der Waals surface area (Å²) in [5, 5.41) is 8.96. The van der Waals surface area contributed by atoms with Crippen molar-refractivity contribution < 1.29 is 19.4 Å². The minimum Gasteiger partial charge on any atom is -0.494 e. The first-order valence-electron chi connectivity index (χ1n) is 9.47. The second kappa shape index (κ2) is 10.2. The summed E-state index contributed by atoms with van der Waals surface area (Å²) < 4.78 is 11.5. The number of hydrogen-bond donors (Lipinski definition) is 1. The van der Waals surface area contributed by atoms with Gasteiger partial charge in [-0.05, 0) is 66.8 Å². The summed E-state index contributed by atoms with van der Waals surface area (Å²) in [6.45, 7) is 1.40. The van der Waals surface area contributed by atoms with E-state index in [1.165, 1.54) is 0 Å². The van der Waals surface area contributed by atoms with Crippen LogP contribution in [-0.4, -0.2) is 24.3 Å². The van der Waals surface area contributed by atoms with E-state index in [1.807, 2.05) is 66.7 Å². The van der Waals surface area contributed by atoms with Crippen molar-refractivity contribution in [3.8, 4) is 22.6 Å². The lowest BCUT2D eigenvalue weighted by Crippen LogP contribution is -2.00. The highest BCUT2D eigenvalue weighted by atomic mass is 16.5. The van der Waals surface area contributed by atoms with Gasteiger partial charge < -0.3 is 14.6 Å². The van der Waals surface area contributed by atoms with Crippen LogP contribution >= 0.6 is 0 Å². The van der Waals surface area contributed by atoms with Crippen molar-refractivity contribution in [3.63, 3.8) is 0 Å². The number of carboxylic acid groups (broad SMARTS) is 1. The summed E-state index contributed by atoms with van der Waals surface area (Å²) in [6.07, 6.45) is 3.04. The van der Waals surface area contributed by atoms with Crippen molar-refractivity contribution in [3.05, 3.63) is 84.4 Å². The Morgan fingerprint density at radius 2 is 1.14 bits per heavy atom. The summed E-state index contributed by atoms with van der Waals surface area (Å²) in [5.41, 5.74) is 2.30. The van der Waals surface area contributed by atoms with Gasteiger partial charge in [0.15, 0.2) is 0 Å². The fourth-order valence-electron chi connectivity index (χ4n) is 2.83. The normalized spacial score (nSPS) is 10.4. The van der Waals surface area contributed by atoms with Crippen LogP contribution in [0.25, 0.3) is 11.1 Å². The monoisotopic (exact) mass is 376 g/mol. The lowest BCUT2D eigenvalue weighted by molar-refractivity contribution is 0.0697. The van der Waals surface area contributed by atoms with E-state index in [0.717, 1.165) is 48.5 Å². The van der Waals surface area contributed by atoms with Crippen molar-refractivity contribution in [2.75, 3.05) is 13.2 Å². The number of ether oxygens (including phenoxy) is 2. The molecule has 4 heteroatoms. The summed E-state index contributed by atoms with van der Waals surface area (Å²) in [7, 11) is 0. The molecule has 0 aliphatic rings. The van der Waals surface area contributed by atoms with Gasteiger partial charge in [0.25, 0.3) is 0 Å². The van der Waals surface area contributed by atoms with Crippen LogP contribution in [0, 0.1) is 0 Å². The Hall–Kier alpha value is -3.27. The van der Waals surface area contributed by atoms with Crippen LogP contribution in [0.5, 0.6) is 11.5 Å². The summed E-state index contributed by atoms with van der Waals surface area (Å²) in [4.78, 5) is 10.9. The topological polar surface area (TPSA) is 55.8 Å². The van der Waals surface area contributed by atoms with E-state index < -0.39 is 5.97 Å². The molecule has 0 atom stereocenters. The van der Waals surface area contributed by atoms with E-state index in [1.54, 1.807) is 12.1 Å². The first-order chi connectivity index (χ1) is 13.7. The molecule has 144 valence electrons. The molecule has 0 fully saturated rings. The highest BCUT2D eigenvalue weighted by Gasteiger charge is 2.03. The Balaban J connectivity index is 1.36. The molecule has 3 rings (SSSR count). The number of rotatable bonds is 10. The Labute approximate surface area is 165 Å². The quantitative estimate of drug-likeness (QED) is 0.463. The molecule has 0 aliphatic heterocycles. The van der Waals surface area contributed by atoms with Crippen molar-refractivity contribution in [2.24, 2.45) is 0 Å². The molecule has 0 heterocycles. The fraction of sp³-hybridized carbons (Fsp3) is 0.208. The molecular formula is C24H24O4. The number of carbonyl (C=O) groups is 1. The second-order valence-electron chi connectivity index (χ2n) is 6.48. The van der Waals surface area contributed by atoms with Crippen LogP contribution < -0.4 is 9.47 Å². The summed E-state index contributed by atoms with van der Waals surface area (Å²) in [5.74, 6) is 0.838. The predicted octanol–water partition coefficient (Wildman–Crippen LogP) is 5.68. The first kappa shape index (κ1) is 19.5. The minimum absolute atomic E-state index is 0.290. The molecule has 0 aromatic heterocycles. The standard InChI is InChI=1S/C24H24O4/c25-24(26)21-11-9-19(10-12-21)20-13-15-23(16-14-20)28-18-6-2-5-17-27-22-7-3-1-4-8-22/h1,3-4,7-16H,2,5-6,17-18H2,(H,25,26). The van der Waals surface area contributed by atoms with Crippen molar-refractivity contribution in [2.45, 2.75) is 19.3 Å². The van der Waals surface area contributed by atoms with Crippen molar-refractivity contribution in [1.29, 1.82) is 0 Å². The number of para-hydroxylation sites is 1. The van der Waals surface area contributed by atoms with E-state index in [9.17, 15) is 4.79 Å². The molecule has 0 spiro atoms. The SMILES string of the molecule is O=C(O)c1ccc(-c2ccc(OCCCCCOc3ccccc3)cc2)cc1.